The number of rotatable bonds is 6. The number of aliphatic hydroxyl groups is 1. The van der Waals surface area contributed by atoms with Crippen molar-refractivity contribution >= 4 is 10.0 Å². The van der Waals surface area contributed by atoms with Gasteiger partial charge in [0.25, 0.3) is 0 Å². The lowest BCUT2D eigenvalue weighted by molar-refractivity contribution is 0.0733. The topological polar surface area (TPSA) is 70.1 Å². The highest BCUT2D eigenvalue weighted by molar-refractivity contribution is 7.89. The number of ether oxygens (including phenoxy) is 1. The molecule has 2 aromatic carbocycles. The molecule has 0 amide bonds. The average molecular weight is 483 g/mol. The number of benzene rings is 2. The monoisotopic (exact) mass is 482 g/mol. The van der Waals surface area contributed by atoms with Crippen LogP contribution in [-0.4, -0.2) is 61.6 Å². The van der Waals surface area contributed by atoms with Crippen molar-refractivity contribution in [1.82, 2.24) is 9.21 Å². The molecule has 7 heteroatoms. The Hall–Kier alpha value is -2.37. The molecule has 1 heterocycles. The highest BCUT2D eigenvalue weighted by Crippen LogP contribution is 2.34. The Morgan fingerprint density at radius 2 is 1.94 bits per heavy atom. The summed E-state index contributed by atoms with van der Waals surface area (Å²) >= 11 is 0. The van der Waals surface area contributed by atoms with E-state index in [4.69, 9.17) is 4.74 Å². The average Bonchev–Trinajstić information content (AvgIpc) is 3.64. The quantitative estimate of drug-likeness (QED) is 0.640. The fraction of sp³-hybridized carbons (Fsp3) is 0.481. The molecule has 1 aliphatic heterocycles. The second-order valence-electron chi connectivity index (χ2n) is 9.63. The molecular formula is C27H34N2O4S. The third kappa shape index (κ3) is 5.81. The molecule has 0 unspecified atom stereocenters. The first kappa shape index (κ1) is 24.7. The zero-order chi connectivity index (χ0) is 24.3. The molecule has 1 fully saturated rings. The Bertz CT molecular complexity index is 1150. The molecule has 4 rings (SSSR count). The van der Waals surface area contributed by atoms with Crippen LogP contribution in [0.1, 0.15) is 37.8 Å². The van der Waals surface area contributed by atoms with E-state index in [1.54, 1.807) is 25.1 Å². The van der Waals surface area contributed by atoms with Crippen LogP contribution in [0, 0.1) is 23.7 Å². The van der Waals surface area contributed by atoms with Crippen molar-refractivity contribution in [2.24, 2.45) is 11.8 Å². The van der Waals surface area contributed by atoms with Gasteiger partial charge >= 0.3 is 0 Å². The first-order valence-electron chi connectivity index (χ1n) is 12.0. The van der Waals surface area contributed by atoms with Gasteiger partial charge in [-0.1, -0.05) is 49.1 Å². The molecule has 34 heavy (non-hydrogen) atoms. The van der Waals surface area contributed by atoms with Crippen molar-refractivity contribution in [2.45, 2.75) is 50.3 Å². The predicted octanol–water partition coefficient (Wildman–Crippen LogP) is 3.35. The van der Waals surface area contributed by atoms with E-state index in [1.807, 2.05) is 32.2 Å². The fourth-order valence-electron chi connectivity index (χ4n) is 4.20. The van der Waals surface area contributed by atoms with E-state index in [9.17, 15) is 13.5 Å². The molecule has 182 valence electrons. The fourth-order valence-corrected chi connectivity index (χ4v) is 6.03. The van der Waals surface area contributed by atoms with Crippen LogP contribution in [0.3, 0.4) is 0 Å². The Labute approximate surface area is 203 Å². The predicted molar refractivity (Wildman–Crippen MR) is 133 cm³/mol. The lowest BCUT2D eigenvalue weighted by Crippen LogP contribution is -2.49. The Morgan fingerprint density at radius 1 is 1.21 bits per heavy atom. The summed E-state index contributed by atoms with van der Waals surface area (Å²) in [5, 5.41) is 9.80. The van der Waals surface area contributed by atoms with E-state index >= 15 is 0 Å². The second-order valence-corrected chi connectivity index (χ2v) is 11.5. The van der Waals surface area contributed by atoms with Gasteiger partial charge in [0.05, 0.1) is 6.61 Å². The van der Waals surface area contributed by atoms with Crippen LogP contribution < -0.4 is 4.74 Å². The summed E-state index contributed by atoms with van der Waals surface area (Å²) < 4.78 is 35.0. The Kier molecular flexibility index (Phi) is 7.63. The van der Waals surface area contributed by atoms with Gasteiger partial charge in [0, 0.05) is 43.1 Å². The summed E-state index contributed by atoms with van der Waals surface area (Å²) in [6, 6.07) is 14.8. The van der Waals surface area contributed by atoms with Gasteiger partial charge in [0.15, 0.2) is 0 Å². The minimum Gasteiger partial charge on any atom is -0.487 e. The van der Waals surface area contributed by atoms with E-state index in [0.717, 1.165) is 24.9 Å². The standard InChI is InChI=1S/C27H34N2O4S/c1-20-16-29(21(2)19-30)34(31,32)27-14-13-23(12-11-22-9-10-22)15-25(27)33-26(20)18-28(3)17-24-7-5-4-6-8-24/h4-8,13-15,20-22,26,30H,9-10,16-19H2,1-3H3/t20-,21+,26+/m0/s1. The minimum absolute atomic E-state index is 0.0867. The zero-order valence-corrected chi connectivity index (χ0v) is 21.0. The molecule has 6 nitrogen and oxygen atoms in total. The molecule has 0 saturated heterocycles. The molecule has 2 aliphatic rings. The normalized spacial score (nSPS) is 23.1. The third-order valence-corrected chi connectivity index (χ3v) is 8.47. The van der Waals surface area contributed by atoms with E-state index < -0.39 is 16.1 Å². The number of aliphatic hydroxyl groups excluding tert-OH is 1. The molecule has 0 spiro atoms. The lowest BCUT2D eigenvalue weighted by atomic mass is 10.0. The summed E-state index contributed by atoms with van der Waals surface area (Å²) in [5.74, 6) is 7.11. The van der Waals surface area contributed by atoms with E-state index in [1.165, 1.54) is 9.87 Å². The highest BCUT2D eigenvalue weighted by Gasteiger charge is 2.38. The summed E-state index contributed by atoms with van der Waals surface area (Å²) in [4.78, 5) is 2.33. The summed E-state index contributed by atoms with van der Waals surface area (Å²) in [5.41, 5.74) is 1.96. The van der Waals surface area contributed by atoms with Crippen LogP contribution in [-0.2, 0) is 16.6 Å². The van der Waals surface area contributed by atoms with Crippen LogP contribution in [0.25, 0.3) is 0 Å². The van der Waals surface area contributed by atoms with Gasteiger partial charge in [-0.15, -0.1) is 0 Å². The van der Waals surface area contributed by atoms with Crippen molar-refractivity contribution in [3.05, 3.63) is 59.7 Å². The zero-order valence-electron chi connectivity index (χ0n) is 20.1. The maximum Gasteiger partial charge on any atom is 0.247 e. The van der Waals surface area contributed by atoms with Crippen LogP contribution in [0.2, 0.25) is 0 Å². The second kappa shape index (κ2) is 10.5. The first-order valence-corrected chi connectivity index (χ1v) is 13.4. The van der Waals surface area contributed by atoms with E-state index in [-0.39, 0.29) is 30.1 Å². The number of nitrogens with zero attached hydrogens (tertiary/aromatic N) is 2. The van der Waals surface area contributed by atoms with Crippen molar-refractivity contribution in [1.29, 1.82) is 0 Å². The minimum atomic E-state index is -3.84. The van der Waals surface area contributed by atoms with Crippen molar-refractivity contribution < 1.29 is 18.3 Å². The van der Waals surface area contributed by atoms with Gasteiger partial charge in [0.2, 0.25) is 10.0 Å². The molecule has 0 radical (unpaired) electrons. The summed E-state index contributed by atoms with van der Waals surface area (Å²) in [7, 11) is -1.79. The SMILES string of the molecule is C[C@H](CO)N1C[C@H](C)[C@@H](CN(C)Cc2ccccc2)Oc2cc(C#CC3CC3)ccc2S1(=O)=O. The number of fused-ring (bicyclic) bond motifs is 1. The van der Waals surface area contributed by atoms with Crippen molar-refractivity contribution in [2.75, 3.05) is 26.7 Å². The number of hydrogen-bond donors (Lipinski definition) is 1. The lowest BCUT2D eigenvalue weighted by Gasteiger charge is -2.37. The van der Waals surface area contributed by atoms with Crippen LogP contribution in [0.5, 0.6) is 5.75 Å². The van der Waals surface area contributed by atoms with Gasteiger partial charge in [-0.25, -0.2) is 8.42 Å². The van der Waals surface area contributed by atoms with Crippen molar-refractivity contribution in [3.63, 3.8) is 0 Å². The van der Waals surface area contributed by atoms with E-state index in [2.05, 4.69) is 28.9 Å². The van der Waals surface area contributed by atoms with Gasteiger partial charge in [0.1, 0.15) is 16.7 Å². The number of sulfonamides is 1. The number of hydrogen-bond acceptors (Lipinski definition) is 5. The van der Waals surface area contributed by atoms with Gasteiger partial charge in [-0.2, -0.15) is 4.31 Å². The maximum atomic E-state index is 13.6. The molecule has 1 aliphatic carbocycles. The Morgan fingerprint density at radius 3 is 2.62 bits per heavy atom. The van der Waals surface area contributed by atoms with Crippen LogP contribution >= 0.6 is 0 Å². The molecule has 3 atom stereocenters. The largest absolute Gasteiger partial charge is 0.487 e. The first-order chi connectivity index (χ1) is 16.3. The Balaban J connectivity index is 1.66. The third-order valence-electron chi connectivity index (χ3n) is 6.45. The smallest absolute Gasteiger partial charge is 0.247 e. The summed E-state index contributed by atoms with van der Waals surface area (Å²) in [6.07, 6.45) is 2.02. The maximum absolute atomic E-state index is 13.6. The number of likely N-dealkylation sites (N-methyl/N-ethyl adjacent to an activating group) is 1. The van der Waals surface area contributed by atoms with Gasteiger partial charge in [-0.3, -0.25) is 4.90 Å². The summed E-state index contributed by atoms with van der Waals surface area (Å²) in [6.45, 7) is 5.17. The molecule has 2 aromatic rings. The molecule has 1 N–H and O–H groups in total. The molecular weight excluding hydrogens is 448 g/mol. The van der Waals surface area contributed by atoms with Crippen LogP contribution in [0.4, 0.5) is 0 Å². The van der Waals surface area contributed by atoms with Gasteiger partial charge < -0.3 is 9.84 Å². The van der Waals surface area contributed by atoms with E-state index in [0.29, 0.717) is 18.2 Å². The molecule has 0 bridgehead atoms. The van der Waals surface area contributed by atoms with Crippen LogP contribution in [0.15, 0.2) is 53.4 Å². The molecule has 1 saturated carbocycles. The van der Waals surface area contributed by atoms with Gasteiger partial charge in [-0.05, 0) is 50.6 Å². The van der Waals surface area contributed by atoms with Crippen molar-refractivity contribution in [3.8, 4) is 17.6 Å². The molecule has 0 aromatic heterocycles. The highest BCUT2D eigenvalue weighted by atomic mass is 32.2.